The van der Waals surface area contributed by atoms with Gasteiger partial charge in [-0.3, -0.25) is 14.3 Å². The van der Waals surface area contributed by atoms with Crippen LogP contribution < -0.4 is 11.4 Å². The van der Waals surface area contributed by atoms with Gasteiger partial charge >= 0.3 is 5.69 Å². The molecule has 106 valence electrons. The first-order chi connectivity index (χ1) is 9.56. The van der Waals surface area contributed by atoms with Gasteiger partial charge in [0.05, 0.1) is 6.20 Å². The molecule has 1 fully saturated rings. The van der Waals surface area contributed by atoms with Crippen LogP contribution in [0.2, 0.25) is 0 Å². The molecule has 0 spiro atoms. The monoisotopic (exact) mass is 339 g/mol. The predicted octanol–water partition coefficient (Wildman–Crippen LogP) is 1.10. The number of nitrogens with one attached hydrogen (secondary N) is 1. The molecule has 0 bridgehead atoms. The molecule has 2 heterocycles. The van der Waals surface area contributed by atoms with Crippen molar-refractivity contribution in [3.8, 4) is 0 Å². The van der Waals surface area contributed by atoms with Crippen LogP contribution in [0.1, 0.15) is 31.7 Å². The van der Waals surface area contributed by atoms with Gasteiger partial charge in [-0.15, -0.1) is 0 Å². The van der Waals surface area contributed by atoms with Gasteiger partial charge in [0.15, 0.2) is 11.3 Å². The Bertz CT molecular complexity index is 714. The van der Waals surface area contributed by atoms with Crippen LogP contribution >= 0.6 is 15.9 Å². The number of carbonyl (C=O) groups excluding carboxylic acids is 1. The normalized spacial score (nSPS) is 23.1. The summed E-state index contributed by atoms with van der Waals surface area (Å²) in [5.41, 5.74) is 6.15. The Morgan fingerprint density at radius 3 is 2.75 bits per heavy atom. The second kappa shape index (κ2) is 5.01. The van der Waals surface area contributed by atoms with Gasteiger partial charge in [0.2, 0.25) is 5.91 Å². The highest BCUT2D eigenvalue weighted by molar-refractivity contribution is 9.10. The molecule has 0 saturated heterocycles. The summed E-state index contributed by atoms with van der Waals surface area (Å²) < 4.78 is 2.23. The largest absolute Gasteiger partial charge is 0.369 e. The molecular formula is C12H14BrN5O2. The summed E-state index contributed by atoms with van der Waals surface area (Å²) >= 11 is 3.26. The Morgan fingerprint density at radius 2 is 2.10 bits per heavy atom. The Hall–Kier alpha value is -1.70. The van der Waals surface area contributed by atoms with E-state index >= 15 is 0 Å². The van der Waals surface area contributed by atoms with Crippen molar-refractivity contribution in [1.29, 1.82) is 0 Å². The fourth-order valence-corrected chi connectivity index (χ4v) is 3.10. The molecule has 1 aliphatic carbocycles. The van der Waals surface area contributed by atoms with Crippen LogP contribution in [0.15, 0.2) is 15.6 Å². The number of primary amides is 1. The third-order valence-electron chi connectivity index (χ3n) is 3.86. The summed E-state index contributed by atoms with van der Waals surface area (Å²) in [6.45, 7) is 0. The van der Waals surface area contributed by atoms with E-state index in [1.54, 1.807) is 10.8 Å². The van der Waals surface area contributed by atoms with Crippen LogP contribution in [-0.2, 0) is 4.79 Å². The second-order valence-electron chi connectivity index (χ2n) is 5.07. The molecule has 1 aliphatic rings. The first-order valence-corrected chi connectivity index (χ1v) is 7.27. The number of rotatable bonds is 2. The van der Waals surface area contributed by atoms with Gasteiger partial charge in [-0.25, -0.2) is 14.8 Å². The minimum atomic E-state index is -0.253. The fraction of sp³-hybridized carbons (Fsp3) is 0.500. The summed E-state index contributed by atoms with van der Waals surface area (Å²) in [5.74, 6) is -0.331. The average Bonchev–Trinajstić information content (AvgIpc) is 2.74. The van der Waals surface area contributed by atoms with E-state index in [1.807, 2.05) is 0 Å². The van der Waals surface area contributed by atoms with Gasteiger partial charge in [0.1, 0.15) is 4.60 Å². The van der Waals surface area contributed by atoms with Crippen molar-refractivity contribution in [2.24, 2.45) is 11.7 Å². The number of nitrogens with two attached hydrogens (primary N) is 1. The van der Waals surface area contributed by atoms with Crippen LogP contribution in [0.25, 0.3) is 11.3 Å². The number of halogens is 1. The summed E-state index contributed by atoms with van der Waals surface area (Å²) in [6.07, 6.45) is 4.46. The topological polar surface area (TPSA) is 107 Å². The molecule has 2 aromatic rings. The summed E-state index contributed by atoms with van der Waals surface area (Å²) in [5, 5.41) is 0. The van der Waals surface area contributed by atoms with E-state index in [0.29, 0.717) is 28.7 Å². The van der Waals surface area contributed by atoms with Gasteiger partial charge in [0.25, 0.3) is 0 Å². The molecule has 3 N–H and O–H groups in total. The highest BCUT2D eigenvalue weighted by atomic mass is 79.9. The third kappa shape index (κ3) is 2.24. The predicted molar refractivity (Wildman–Crippen MR) is 76.0 cm³/mol. The summed E-state index contributed by atoms with van der Waals surface area (Å²) in [4.78, 5) is 34.4. The molecule has 0 radical (unpaired) electrons. The van der Waals surface area contributed by atoms with Crippen molar-refractivity contribution >= 4 is 33.1 Å². The highest BCUT2D eigenvalue weighted by Crippen LogP contribution is 2.32. The van der Waals surface area contributed by atoms with Gasteiger partial charge in [0, 0.05) is 12.0 Å². The molecule has 8 heteroatoms. The second-order valence-corrected chi connectivity index (χ2v) is 5.89. The Morgan fingerprint density at radius 1 is 1.40 bits per heavy atom. The number of aromatic nitrogens is 4. The minimum absolute atomic E-state index is 0.0375. The molecule has 3 rings (SSSR count). The molecule has 7 nitrogen and oxygen atoms in total. The number of hydrogen-bond acceptors (Lipinski definition) is 4. The molecule has 0 aromatic carbocycles. The molecule has 0 atom stereocenters. The van der Waals surface area contributed by atoms with Crippen molar-refractivity contribution in [1.82, 2.24) is 19.5 Å². The van der Waals surface area contributed by atoms with Crippen LogP contribution in [-0.4, -0.2) is 25.4 Å². The van der Waals surface area contributed by atoms with Gasteiger partial charge in [-0.2, -0.15) is 0 Å². The van der Waals surface area contributed by atoms with Gasteiger partial charge in [-0.05, 0) is 41.6 Å². The standard InChI is InChI=1S/C12H14BrN5O2/c13-8-5-15-10-11(16-8)18(12(20)17-10)7-3-1-6(2-4-7)9(14)19/h5-7H,1-4H2,(H2,14,19)(H,15,17,20). The van der Waals surface area contributed by atoms with E-state index in [0.717, 1.165) is 12.8 Å². The number of carbonyl (C=O) groups is 1. The van der Waals surface area contributed by atoms with Crippen molar-refractivity contribution in [2.75, 3.05) is 0 Å². The number of aromatic amines is 1. The molecule has 0 aliphatic heterocycles. The molecule has 0 unspecified atom stereocenters. The van der Waals surface area contributed by atoms with Crippen LogP contribution in [0, 0.1) is 5.92 Å². The van der Waals surface area contributed by atoms with Crippen molar-refractivity contribution in [3.63, 3.8) is 0 Å². The smallest absolute Gasteiger partial charge is 0.329 e. The van der Waals surface area contributed by atoms with E-state index < -0.39 is 0 Å². The van der Waals surface area contributed by atoms with E-state index in [2.05, 4.69) is 30.9 Å². The van der Waals surface area contributed by atoms with E-state index in [-0.39, 0.29) is 23.6 Å². The lowest BCUT2D eigenvalue weighted by atomic mass is 9.85. The van der Waals surface area contributed by atoms with Gasteiger partial charge in [-0.1, -0.05) is 0 Å². The van der Waals surface area contributed by atoms with Crippen molar-refractivity contribution in [2.45, 2.75) is 31.7 Å². The lowest BCUT2D eigenvalue weighted by molar-refractivity contribution is -0.122. The molecule has 20 heavy (non-hydrogen) atoms. The maximum Gasteiger partial charge on any atom is 0.329 e. The van der Waals surface area contributed by atoms with Crippen LogP contribution in [0.5, 0.6) is 0 Å². The van der Waals surface area contributed by atoms with Gasteiger partial charge < -0.3 is 5.73 Å². The lowest BCUT2D eigenvalue weighted by Crippen LogP contribution is -2.31. The molecule has 2 aromatic heterocycles. The number of nitrogens with zero attached hydrogens (tertiary/aromatic N) is 3. The SMILES string of the molecule is NC(=O)C1CCC(n2c(=O)[nH]c3ncc(Br)nc32)CC1. The van der Waals surface area contributed by atoms with E-state index in [9.17, 15) is 9.59 Å². The zero-order valence-corrected chi connectivity index (χ0v) is 12.3. The molecule has 1 amide bonds. The number of imidazole rings is 1. The summed E-state index contributed by atoms with van der Waals surface area (Å²) in [6, 6.07) is 0.0375. The Balaban J connectivity index is 1.95. The minimum Gasteiger partial charge on any atom is -0.369 e. The third-order valence-corrected chi connectivity index (χ3v) is 4.24. The maximum absolute atomic E-state index is 12.1. The Labute approximate surface area is 122 Å². The van der Waals surface area contributed by atoms with E-state index in [1.165, 1.54) is 0 Å². The number of fused-ring (bicyclic) bond motifs is 1. The zero-order chi connectivity index (χ0) is 14.3. The average molecular weight is 340 g/mol. The highest BCUT2D eigenvalue weighted by Gasteiger charge is 2.28. The molecule has 1 saturated carbocycles. The maximum atomic E-state index is 12.1. The fourth-order valence-electron chi connectivity index (χ4n) is 2.83. The van der Waals surface area contributed by atoms with Crippen LogP contribution in [0.4, 0.5) is 0 Å². The van der Waals surface area contributed by atoms with Crippen molar-refractivity contribution in [3.05, 3.63) is 21.3 Å². The summed E-state index contributed by atoms with van der Waals surface area (Å²) in [7, 11) is 0. The van der Waals surface area contributed by atoms with E-state index in [4.69, 9.17) is 5.73 Å². The first-order valence-electron chi connectivity index (χ1n) is 6.48. The first kappa shape index (κ1) is 13.3. The lowest BCUT2D eigenvalue weighted by Gasteiger charge is -2.27. The van der Waals surface area contributed by atoms with Crippen LogP contribution in [0.3, 0.4) is 0 Å². The zero-order valence-electron chi connectivity index (χ0n) is 10.7. The number of amides is 1. The Kier molecular flexibility index (Phi) is 3.33. The molecular weight excluding hydrogens is 326 g/mol. The quantitative estimate of drug-likeness (QED) is 0.854. The van der Waals surface area contributed by atoms with Crippen molar-refractivity contribution < 1.29 is 4.79 Å². The number of H-pyrrole nitrogens is 1. The number of hydrogen-bond donors (Lipinski definition) is 2.